The van der Waals surface area contributed by atoms with E-state index in [-0.39, 0.29) is 0 Å². The van der Waals surface area contributed by atoms with Gasteiger partial charge in [0, 0.05) is 22.6 Å². The second-order valence-corrected chi connectivity index (χ2v) is 7.32. The second-order valence-electron chi connectivity index (χ2n) is 6.26. The summed E-state index contributed by atoms with van der Waals surface area (Å²) in [6.45, 7) is 2.29. The van der Waals surface area contributed by atoms with Crippen molar-refractivity contribution in [1.29, 1.82) is 0 Å². The molecule has 1 N–H and O–H groups in total. The van der Waals surface area contributed by atoms with Crippen LogP contribution in [-0.2, 0) is 0 Å². The summed E-state index contributed by atoms with van der Waals surface area (Å²) >= 11 is 2.03. The largest absolute Gasteiger partial charge is 0.316 e. The summed E-state index contributed by atoms with van der Waals surface area (Å²) in [7, 11) is 2.14. The van der Waals surface area contributed by atoms with E-state index in [2.05, 4.69) is 43.6 Å². The van der Waals surface area contributed by atoms with Crippen LogP contribution in [0.25, 0.3) is 0 Å². The monoisotopic (exact) mass is 305 g/mol. The molecule has 0 radical (unpaired) electrons. The lowest BCUT2D eigenvalue weighted by atomic mass is 9.90. The molecule has 1 heterocycles. The van der Waals surface area contributed by atoms with Crippen molar-refractivity contribution in [2.45, 2.75) is 75.1 Å². The second kappa shape index (κ2) is 9.53. The molecule has 2 atom stereocenters. The summed E-state index contributed by atoms with van der Waals surface area (Å²) in [6.07, 6.45) is 11.1. The molecule has 0 amide bonds. The number of fused-ring (bicyclic) bond motifs is 1. The number of nitrogens with one attached hydrogen (secondary N) is 1. The highest BCUT2D eigenvalue weighted by Gasteiger charge is 2.28. The van der Waals surface area contributed by atoms with E-state index in [9.17, 15) is 0 Å². The lowest BCUT2D eigenvalue weighted by molar-refractivity contribution is 0.435. The van der Waals surface area contributed by atoms with Gasteiger partial charge in [0.25, 0.3) is 0 Å². The number of hydrogen-bond acceptors (Lipinski definition) is 2. The Hall–Kier alpha value is -0.470. The lowest BCUT2D eigenvalue weighted by Gasteiger charge is -2.23. The molecule has 0 saturated carbocycles. The van der Waals surface area contributed by atoms with Gasteiger partial charge in [0.1, 0.15) is 0 Å². The highest BCUT2D eigenvalue weighted by molar-refractivity contribution is 7.99. The molecule has 1 nitrogen and oxygen atoms in total. The molecule has 1 aromatic carbocycles. The topological polar surface area (TPSA) is 12.0 Å². The van der Waals surface area contributed by atoms with Gasteiger partial charge in [0.15, 0.2) is 0 Å². The minimum atomic E-state index is 0.650. The Morgan fingerprint density at radius 2 is 1.81 bits per heavy atom. The number of thioether (sulfide) groups is 1. The Balaban J connectivity index is 1.72. The average Bonchev–Trinajstić information content (AvgIpc) is 2.94. The molecule has 1 aliphatic heterocycles. The number of likely N-dealkylation sites (N-methyl/N-ethyl adjacent to an activating group) is 1. The van der Waals surface area contributed by atoms with E-state index in [0.717, 1.165) is 0 Å². The van der Waals surface area contributed by atoms with Crippen molar-refractivity contribution in [2.24, 2.45) is 0 Å². The number of rotatable bonds is 10. The Kier molecular flexibility index (Phi) is 7.66. The van der Waals surface area contributed by atoms with E-state index >= 15 is 0 Å². The predicted molar refractivity (Wildman–Crippen MR) is 95.4 cm³/mol. The van der Waals surface area contributed by atoms with Crippen molar-refractivity contribution in [3.05, 3.63) is 29.8 Å². The first-order chi connectivity index (χ1) is 10.4. The van der Waals surface area contributed by atoms with Crippen LogP contribution >= 0.6 is 11.8 Å². The maximum Gasteiger partial charge on any atom is 0.0141 e. The third-order valence-electron chi connectivity index (χ3n) is 4.71. The maximum absolute atomic E-state index is 3.58. The van der Waals surface area contributed by atoms with Gasteiger partial charge in [-0.25, -0.2) is 0 Å². The van der Waals surface area contributed by atoms with Crippen molar-refractivity contribution in [3.63, 3.8) is 0 Å². The van der Waals surface area contributed by atoms with Crippen LogP contribution in [0.3, 0.4) is 0 Å². The smallest absolute Gasteiger partial charge is 0.0141 e. The van der Waals surface area contributed by atoms with E-state index in [1.54, 1.807) is 5.56 Å². The van der Waals surface area contributed by atoms with Crippen LogP contribution in [0.2, 0.25) is 0 Å². The quantitative estimate of drug-likeness (QED) is 0.564. The summed E-state index contributed by atoms with van der Waals surface area (Å²) in [5.74, 6) is 1.96. The zero-order chi connectivity index (χ0) is 14.9. The number of hydrogen-bond donors (Lipinski definition) is 1. The Morgan fingerprint density at radius 3 is 2.57 bits per heavy atom. The third-order valence-corrected chi connectivity index (χ3v) is 5.92. The van der Waals surface area contributed by atoms with Crippen molar-refractivity contribution in [1.82, 2.24) is 5.32 Å². The van der Waals surface area contributed by atoms with E-state index < -0.39 is 0 Å². The van der Waals surface area contributed by atoms with Gasteiger partial charge in [-0.3, -0.25) is 0 Å². The van der Waals surface area contributed by atoms with Gasteiger partial charge >= 0.3 is 0 Å². The van der Waals surface area contributed by atoms with Gasteiger partial charge in [-0.05, 0) is 25.1 Å². The molecule has 0 aromatic heterocycles. The Morgan fingerprint density at radius 1 is 1.10 bits per heavy atom. The highest BCUT2D eigenvalue weighted by atomic mass is 32.2. The van der Waals surface area contributed by atoms with Crippen LogP contribution in [0.1, 0.15) is 69.8 Å². The van der Waals surface area contributed by atoms with Crippen LogP contribution in [0.15, 0.2) is 29.2 Å². The van der Waals surface area contributed by atoms with E-state index in [4.69, 9.17) is 0 Å². The van der Waals surface area contributed by atoms with Crippen molar-refractivity contribution < 1.29 is 0 Å². The standard InChI is InChI=1S/C19H31NS/c1-3-4-5-6-7-8-9-13-18(20-2)17-15-21-19-14-11-10-12-16(17)19/h10-12,14,17-18,20H,3-9,13,15H2,1-2H3. The van der Waals surface area contributed by atoms with Gasteiger partial charge in [-0.15, -0.1) is 11.8 Å². The van der Waals surface area contributed by atoms with E-state index in [0.29, 0.717) is 12.0 Å². The van der Waals surface area contributed by atoms with Crippen LogP contribution in [-0.4, -0.2) is 18.8 Å². The van der Waals surface area contributed by atoms with Crippen LogP contribution < -0.4 is 5.32 Å². The average molecular weight is 306 g/mol. The predicted octanol–water partition coefficient (Wildman–Crippen LogP) is 5.60. The number of unbranched alkanes of at least 4 members (excludes halogenated alkanes) is 6. The molecular weight excluding hydrogens is 274 g/mol. The van der Waals surface area contributed by atoms with Gasteiger partial charge in [0.05, 0.1) is 0 Å². The third kappa shape index (κ3) is 5.03. The number of benzene rings is 1. The molecule has 0 spiro atoms. The fourth-order valence-corrected chi connectivity index (χ4v) is 4.72. The molecule has 2 rings (SSSR count). The van der Waals surface area contributed by atoms with Crippen molar-refractivity contribution >= 4 is 11.8 Å². The molecule has 0 aliphatic carbocycles. The first-order valence-electron chi connectivity index (χ1n) is 8.75. The molecule has 0 bridgehead atoms. The first-order valence-corrected chi connectivity index (χ1v) is 9.74. The van der Waals surface area contributed by atoms with E-state index in [1.807, 2.05) is 11.8 Å². The van der Waals surface area contributed by atoms with Crippen LogP contribution in [0.4, 0.5) is 0 Å². The summed E-state index contributed by atoms with van der Waals surface area (Å²) in [4.78, 5) is 1.50. The maximum atomic E-state index is 3.58. The molecule has 1 aliphatic rings. The highest BCUT2D eigenvalue weighted by Crippen LogP contribution is 2.41. The lowest BCUT2D eigenvalue weighted by Crippen LogP contribution is -2.32. The molecular formula is C19H31NS. The molecule has 21 heavy (non-hydrogen) atoms. The van der Waals surface area contributed by atoms with Gasteiger partial charge < -0.3 is 5.32 Å². The first kappa shape index (κ1) is 16.9. The van der Waals surface area contributed by atoms with E-state index in [1.165, 1.54) is 62.0 Å². The molecule has 118 valence electrons. The summed E-state index contributed by atoms with van der Waals surface area (Å²) in [5, 5.41) is 3.58. The minimum Gasteiger partial charge on any atom is -0.316 e. The van der Waals surface area contributed by atoms with Gasteiger partial charge in [0.2, 0.25) is 0 Å². The molecule has 0 fully saturated rings. The molecule has 0 saturated heterocycles. The summed E-state index contributed by atoms with van der Waals surface area (Å²) in [6, 6.07) is 9.61. The summed E-state index contributed by atoms with van der Waals surface area (Å²) < 4.78 is 0. The van der Waals surface area contributed by atoms with Gasteiger partial charge in [-0.1, -0.05) is 70.1 Å². The Bertz CT molecular complexity index is 404. The van der Waals surface area contributed by atoms with Gasteiger partial charge in [-0.2, -0.15) is 0 Å². The minimum absolute atomic E-state index is 0.650. The van der Waals surface area contributed by atoms with Crippen molar-refractivity contribution in [3.8, 4) is 0 Å². The Labute approximate surface area is 135 Å². The summed E-state index contributed by atoms with van der Waals surface area (Å²) in [5.41, 5.74) is 1.57. The van der Waals surface area contributed by atoms with Crippen molar-refractivity contribution in [2.75, 3.05) is 12.8 Å². The zero-order valence-corrected chi connectivity index (χ0v) is 14.6. The zero-order valence-electron chi connectivity index (χ0n) is 13.7. The SMILES string of the molecule is CCCCCCCCCC(NC)C1CSc2ccccc21. The van der Waals surface area contributed by atoms with Crippen LogP contribution in [0.5, 0.6) is 0 Å². The fraction of sp³-hybridized carbons (Fsp3) is 0.684. The fourth-order valence-electron chi connectivity index (χ4n) is 3.39. The molecule has 2 unspecified atom stereocenters. The van der Waals surface area contributed by atoms with Crippen LogP contribution in [0, 0.1) is 0 Å². The molecule has 2 heteroatoms. The molecule has 1 aromatic rings. The normalized spacial score (nSPS) is 18.7.